The third kappa shape index (κ3) is 8.16. The van der Waals surface area contributed by atoms with Crippen LogP contribution >= 0.6 is 0 Å². The number of fused-ring (bicyclic) bond motifs is 1. The lowest BCUT2D eigenvalue weighted by atomic mass is 9.96. The molecule has 1 fully saturated rings. The van der Waals surface area contributed by atoms with Crippen molar-refractivity contribution < 1.29 is 28.8 Å². The van der Waals surface area contributed by atoms with Crippen LogP contribution < -0.4 is 14.8 Å². The fourth-order valence-corrected chi connectivity index (χ4v) is 6.99. The number of ether oxygens (including phenoxy) is 4. The van der Waals surface area contributed by atoms with Gasteiger partial charge in [0.15, 0.2) is 17.8 Å². The highest BCUT2D eigenvalue weighted by Gasteiger charge is 2.34. The Morgan fingerprint density at radius 1 is 0.784 bits per heavy atom. The topological polar surface area (TPSA) is 89.5 Å². The van der Waals surface area contributed by atoms with E-state index >= 15 is 0 Å². The maximum atomic E-state index is 12.6. The molecular weight excluding hydrogens is 640 g/mol. The van der Waals surface area contributed by atoms with Gasteiger partial charge < -0.3 is 29.4 Å². The van der Waals surface area contributed by atoms with Gasteiger partial charge in [-0.15, -0.1) is 0 Å². The smallest absolute Gasteiger partial charge is 0.251 e. The van der Waals surface area contributed by atoms with Crippen LogP contribution in [0.2, 0.25) is 0 Å². The molecule has 262 valence electrons. The normalized spacial score (nSPS) is 18.8. The van der Waals surface area contributed by atoms with Crippen LogP contribution in [0.1, 0.15) is 62.6 Å². The summed E-state index contributed by atoms with van der Waals surface area (Å²) >= 11 is 0. The van der Waals surface area contributed by atoms with Gasteiger partial charge in [-0.2, -0.15) is 0 Å². The van der Waals surface area contributed by atoms with Gasteiger partial charge in [0.05, 0.1) is 33.0 Å². The summed E-state index contributed by atoms with van der Waals surface area (Å²) in [6.45, 7) is 2.94. The number of hydrogen-bond donors (Lipinski definition) is 2. The second-order valence-electron chi connectivity index (χ2n) is 13.2. The zero-order chi connectivity index (χ0) is 35.2. The van der Waals surface area contributed by atoms with Gasteiger partial charge in [-0.3, -0.25) is 9.69 Å². The zero-order valence-corrected chi connectivity index (χ0v) is 29.1. The maximum absolute atomic E-state index is 12.6. The second-order valence-corrected chi connectivity index (χ2v) is 13.2. The average Bonchev–Trinajstić information content (AvgIpc) is 3.19. The van der Waals surface area contributed by atoms with E-state index in [1.54, 1.807) is 14.2 Å². The molecule has 7 rings (SSSR count). The summed E-state index contributed by atoms with van der Waals surface area (Å²) in [5.74, 6) is 1.42. The van der Waals surface area contributed by atoms with Crippen LogP contribution in [0.3, 0.4) is 0 Å². The fourth-order valence-electron chi connectivity index (χ4n) is 6.99. The Kier molecular flexibility index (Phi) is 10.8. The number of hydrogen-bond acceptors (Lipinski definition) is 7. The molecule has 2 aliphatic heterocycles. The Balaban J connectivity index is 1.06. The van der Waals surface area contributed by atoms with Gasteiger partial charge in [0, 0.05) is 43.7 Å². The summed E-state index contributed by atoms with van der Waals surface area (Å²) in [5, 5.41) is 12.6. The molecule has 0 aromatic heterocycles. The van der Waals surface area contributed by atoms with Crippen molar-refractivity contribution in [3.05, 3.63) is 154 Å². The van der Waals surface area contributed by atoms with Crippen molar-refractivity contribution in [2.45, 2.75) is 51.0 Å². The first-order valence-corrected chi connectivity index (χ1v) is 17.5. The standard InChI is InChI=1S/C43H44N2O6/c1-48-40-22-36-19-20-45(26-37(36)23-41(40)49-2)27-38-24-39(32-13-11-29(28-46)12-14-32)51-43(50-38)34-17-15-31(16-18-34)35-10-6-7-30(21-35)25-44-42(47)33-8-4-3-5-9-33/h3-18,21-23,38-39,43,46H,19-20,24-28H2,1-2H3,(H,44,47)/t38-,39+,43+/m1/s1. The molecule has 0 spiro atoms. The molecular formula is C43H44N2O6. The van der Waals surface area contributed by atoms with Gasteiger partial charge in [0.1, 0.15) is 0 Å². The number of nitrogens with one attached hydrogen (secondary N) is 1. The first-order valence-electron chi connectivity index (χ1n) is 17.5. The molecule has 0 aliphatic carbocycles. The van der Waals surface area contributed by atoms with E-state index in [1.807, 2.05) is 66.7 Å². The summed E-state index contributed by atoms with van der Waals surface area (Å²) in [6, 6.07) is 38.0. The number of amides is 1. The highest BCUT2D eigenvalue weighted by atomic mass is 16.7. The van der Waals surface area contributed by atoms with E-state index in [2.05, 4.69) is 58.7 Å². The number of rotatable bonds is 11. The fraction of sp³-hybridized carbons (Fsp3) is 0.279. The number of carbonyl (C=O) groups excluding carboxylic acids is 1. The van der Waals surface area contributed by atoms with Crippen molar-refractivity contribution in [2.24, 2.45) is 0 Å². The van der Waals surface area contributed by atoms with Crippen molar-refractivity contribution in [3.8, 4) is 22.6 Å². The highest BCUT2D eigenvalue weighted by Crippen LogP contribution is 2.40. The molecule has 51 heavy (non-hydrogen) atoms. The summed E-state index contributed by atoms with van der Waals surface area (Å²) in [7, 11) is 3.35. The van der Waals surface area contributed by atoms with Gasteiger partial charge in [-0.25, -0.2) is 0 Å². The van der Waals surface area contributed by atoms with Crippen LogP contribution in [0.5, 0.6) is 11.5 Å². The Morgan fingerprint density at radius 3 is 2.24 bits per heavy atom. The lowest BCUT2D eigenvalue weighted by molar-refractivity contribution is -0.253. The molecule has 0 saturated carbocycles. The van der Waals surface area contributed by atoms with Gasteiger partial charge in [0.25, 0.3) is 5.91 Å². The first kappa shape index (κ1) is 34.5. The van der Waals surface area contributed by atoms with Gasteiger partial charge in [-0.05, 0) is 75.7 Å². The molecule has 8 heteroatoms. The predicted octanol–water partition coefficient (Wildman–Crippen LogP) is 7.40. The molecule has 3 atom stereocenters. The van der Waals surface area contributed by atoms with E-state index in [4.69, 9.17) is 18.9 Å². The van der Waals surface area contributed by atoms with E-state index in [0.717, 1.165) is 77.4 Å². The van der Waals surface area contributed by atoms with E-state index in [-0.39, 0.29) is 24.7 Å². The van der Waals surface area contributed by atoms with Crippen LogP contribution in [0.25, 0.3) is 11.1 Å². The Labute approximate surface area is 299 Å². The predicted molar refractivity (Wildman–Crippen MR) is 196 cm³/mol. The van der Waals surface area contributed by atoms with Crippen LogP contribution in [0, 0.1) is 0 Å². The van der Waals surface area contributed by atoms with Gasteiger partial charge >= 0.3 is 0 Å². The van der Waals surface area contributed by atoms with Crippen molar-refractivity contribution in [3.63, 3.8) is 0 Å². The van der Waals surface area contributed by atoms with E-state index in [9.17, 15) is 9.90 Å². The molecule has 1 amide bonds. The SMILES string of the molecule is COc1cc2c(cc1OC)CN(C[C@H]1C[C@@H](c3ccc(CO)cc3)O[C@@H](c3ccc(-c4cccc(CNC(=O)c5ccccc5)c4)cc3)O1)CC2. The molecule has 0 bridgehead atoms. The number of nitrogens with zero attached hydrogens (tertiary/aromatic N) is 1. The van der Waals surface area contributed by atoms with E-state index < -0.39 is 6.29 Å². The summed E-state index contributed by atoms with van der Waals surface area (Å²) in [4.78, 5) is 15.0. The molecule has 2 aliphatic rings. The van der Waals surface area contributed by atoms with Crippen LogP contribution in [-0.2, 0) is 35.6 Å². The average molecular weight is 685 g/mol. The Morgan fingerprint density at radius 2 is 1.51 bits per heavy atom. The highest BCUT2D eigenvalue weighted by molar-refractivity contribution is 5.94. The summed E-state index contributed by atoms with van der Waals surface area (Å²) < 4.78 is 24.5. The molecule has 1 saturated heterocycles. The quantitative estimate of drug-likeness (QED) is 0.150. The van der Waals surface area contributed by atoms with Crippen LogP contribution in [-0.4, -0.2) is 49.3 Å². The van der Waals surface area contributed by atoms with Crippen LogP contribution in [0.4, 0.5) is 0 Å². The lowest BCUT2D eigenvalue weighted by Crippen LogP contribution is -2.41. The molecule has 0 unspecified atom stereocenters. The van der Waals surface area contributed by atoms with E-state index in [1.165, 1.54) is 11.1 Å². The lowest BCUT2D eigenvalue weighted by Gasteiger charge is -2.39. The summed E-state index contributed by atoms with van der Waals surface area (Å²) in [6.07, 6.45) is 0.883. The maximum Gasteiger partial charge on any atom is 0.251 e. The monoisotopic (exact) mass is 684 g/mol. The van der Waals surface area contributed by atoms with Crippen molar-refractivity contribution in [1.29, 1.82) is 0 Å². The minimum Gasteiger partial charge on any atom is -0.493 e. The second kappa shape index (κ2) is 15.9. The minimum atomic E-state index is -0.540. The third-order valence-electron chi connectivity index (χ3n) is 9.81. The minimum absolute atomic E-state index is 0.00480. The number of benzene rings is 5. The number of carbonyl (C=O) groups is 1. The van der Waals surface area contributed by atoms with Crippen molar-refractivity contribution >= 4 is 5.91 Å². The molecule has 5 aromatic carbocycles. The van der Waals surface area contributed by atoms with Crippen LogP contribution in [0.15, 0.2) is 115 Å². The Hall–Kier alpha value is -4.99. The largest absolute Gasteiger partial charge is 0.493 e. The molecule has 5 aromatic rings. The van der Waals surface area contributed by atoms with Gasteiger partial charge in [-0.1, -0.05) is 84.9 Å². The zero-order valence-electron chi connectivity index (χ0n) is 29.1. The molecule has 0 radical (unpaired) electrons. The number of aliphatic hydroxyl groups is 1. The molecule has 8 nitrogen and oxygen atoms in total. The van der Waals surface area contributed by atoms with Crippen molar-refractivity contribution in [2.75, 3.05) is 27.3 Å². The van der Waals surface area contributed by atoms with Gasteiger partial charge in [0.2, 0.25) is 0 Å². The Bertz CT molecular complexity index is 1930. The van der Waals surface area contributed by atoms with E-state index in [0.29, 0.717) is 12.1 Å². The molecule has 2 heterocycles. The number of aliphatic hydroxyl groups excluding tert-OH is 1. The third-order valence-corrected chi connectivity index (χ3v) is 9.81. The summed E-state index contributed by atoms with van der Waals surface area (Å²) in [5.41, 5.74) is 9.23. The van der Waals surface area contributed by atoms with Crippen molar-refractivity contribution in [1.82, 2.24) is 10.2 Å². The molecule has 2 N–H and O–H groups in total. The number of methoxy groups -OCH3 is 2. The first-order chi connectivity index (χ1) is 25.0.